The average molecular weight is 480 g/mol. The molecule has 0 aliphatic heterocycles. The molecule has 0 spiro atoms. The van der Waals surface area contributed by atoms with Gasteiger partial charge in [-0.25, -0.2) is 0 Å². The van der Waals surface area contributed by atoms with E-state index in [2.05, 4.69) is 25.9 Å². The number of hydrogen-bond donors (Lipinski definition) is 0. The highest BCUT2D eigenvalue weighted by atomic mass is 16.5. The van der Waals surface area contributed by atoms with Gasteiger partial charge in [0.05, 0.1) is 12.5 Å². The molecule has 1 unspecified atom stereocenters. The third kappa shape index (κ3) is 19.7. The molecule has 0 saturated heterocycles. The van der Waals surface area contributed by atoms with Crippen LogP contribution in [0.1, 0.15) is 155 Å². The molecule has 0 aromatic carbocycles. The number of hydrogen-bond acceptors (Lipinski definition) is 3. The van der Waals surface area contributed by atoms with Crippen LogP contribution < -0.4 is 0 Å². The fourth-order valence-corrected chi connectivity index (χ4v) is 5.12. The van der Waals surface area contributed by atoms with Gasteiger partial charge in [0.2, 0.25) is 0 Å². The maximum atomic E-state index is 12.5. The van der Waals surface area contributed by atoms with Crippen LogP contribution in [0.25, 0.3) is 0 Å². The van der Waals surface area contributed by atoms with Crippen LogP contribution in [0.4, 0.5) is 0 Å². The minimum absolute atomic E-state index is 0.110. The van der Waals surface area contributed by atoms with E-state index in [0.717, 1.165) is 12.8 Å². The van der Waals surface area contributed by atoms with Crippen LogP contribution in [0, 0.1) is 11.8 Å². The Labute approximate surface area is 214 Å². The summed E-state index contributed by atoms with van der Waals surface area (Å²) in [7, 11) is 4.34. The number of nitrogens with zero attached hydrogens (tertiary/aromatic N) is 1. The van der Waals surface area contributed by atoms with Gasteiger partial charge >= 0.3 is 5.97 Å². The molecule has 1 aliphatic carbocycles. The molecule has 1 atom stereocenters. The van der Waals surface area contributed by atoms with Crippen LogP contribution in [0.5, 0.6) is 0 Å². The molecule has 1 rings (SSSR count). The average Bonchev–Trinajstić information content (AvgIpc) is 3.65. The zero-order chi connectivity index (χ0) is 24.7. The summed E-state index contributed by atoms with van der Waals surface area (Å²) >= 11 is 0. The third-order valence-electron chi connectivity index (χ3n) is 7.61. The van der Waals surface area contributed by atoms with E-state index >= 15 is 0 Å². The summed E-state index contributed by atoms with van der Waals surface area (Å²) in [6, 6.07) is 0. The zero-order valence-electron chi connectivity index (χ0n) is 23.6. The lowest BCUT2D eigenvalue weighted by atomic mass is 9.96. The summed E-state index contributed by atoms with van der Waals surface area (Å²) in [4.78, 5) is 14.7. The Morgan fingerprint density at radius 3 is 1.56 bits per heavy atom. The van der Waals surface area contributed by atoms with Crippen molar-refractivity contribution in [3.63, 3.8) is 0 Å². The second-order valence-electron chi connectivity index (χ2n) is 11.4. The molecular formula is C31H61NO2. The highest BCUT2D eigenvalue weighted by molar-refractivity contribution is 5.73. The van der Waals surface area contributed by atoms with E-state index in [1.807, 2.05) is 0 Å². The van der Waals surface area contributed by atoms with E-state index in [4.69, 9.17) is 4.74 Å². The number of unbranched alkanes of at least 4 members (excludes halogenated alkanes) is 18. The van der Waals surface area contributed by atoms with Gasteiger partial charge < -0.3 is 9.64 Å². The first-order chi connectivity index (χ1) is 16.6. The van der Waals surface area contributed by atoms with Crippen LogP contribution >= 0.6 is 0 Å². The van der Waals surface area contributed by atoms with Gasteiger partial charge in [0, 0.05) is 0 Å². The molecule has 3 heteroatoms. The van der Waals surface area contributed by atoms with Gasteiger partial charge in [-0.2, -0.15) is 0 Å². The molecule has 0 aromatic rings. The summed E-state index contributed by atoms with van der Waals surface area (Å²) in [6.45, 7) is 4.13. The number of esters is 1. The Kier molecular flexibility index (Phi) is 21.2. The Morgan fingerprint density at radius 1 is 0.676 bits per heavy atom. The van der Waals surface area contributed by atoms with Gasteiger partial charge in [-0.05, 0) is 58.7 Å². The quantitative estimate of drug-likeness (QED) is 0.0914. The van der Waals surface area contributed by atoms with Crippen molar-refractivity contribution in [2.45, 2.75) is 155 Å². The third-order valence-corrected chi connectivity index (χ3v) is 7.61. The van der Waals surface area contributed by atoms with Crippen molar-refractivity contribution in [1.82, 2.24) is 4.90 Å². The molecule has 3 nitrogen and oxygen atoms in total. The van der Waals surface area contributed by atoms with E-state index in [1.165, 1.54) is 141 Å². The van der Waals surface area contributed by atoms with E-state index in [1.54, 1.807) is 0 Å². The molecule has 0 aromatic heterocycles. The minimum Gasteiger partial charge on any atom is -0.465 e. The fourth-order valence-electron chi connectivity index (χ4n) is 5.12. The van der Waals surface area contributed by atoms with Crippen LogP contribution in [0.3, 0.4) is 0 Å². The highest BCUT2D eigenvalue weighted by Crippen LogP contribution is 2.40. The van der Waals surface area contributed by atoms with Gasteiger partial charge in [-0.1, -0.05) is 122 Å². The zero-order valence-corrected chi connectivity index (χ0v) is 23.6. The Bertz CT molecular complexity index is 447. The van der Waals surface area contributed by atoms with E-state index in [9.17, 15) is 4.79 Å². The number of rotatable bonds is 26. The molecule has 0 N–H and O–H groups in total. The molecular weight excluding hydrogens is 418 g/mol. The van der Waals surface area contributed by atoms with Gasteiger partial charge in [-0.15, -0.1) is 0 Å². The van der Waals surface area contributed by atoms with Crippen LogP contribution in [0.2, 0.25) is 0 Å². The number of carbonyl (C=O) groups excluding carboxylic acids is 1. The first-order valence-corrected chi connectivity index (χ1v) is 15.5. The van der Waals surface area contributed by atoms with Crippen molar-refractivity contribution >= 4 is 5.97 Å². The van der Waals surface area contributed by atoms with E-state index in [0.29, 0.717) is 12.5 Å². The molecule has 1 aliphatic rings. The predicted molar refractivity (Wildman–Crippen MR) is 148 cm³/mol. The van der Waals surface area contributed by atoms with Gasteiger partial charge in [-0.3, -0.25) is 4.79 Å². The summed E-state index contributed by atoms with van der Waals surface area (Å²) in [6.07, 6.45) is 30.5. The van der Waals surface area contributed by atoms with Crippen LogP contribution in [-0.4, -0.2) is 38.1 Å². The van der Waals surface area contributed by atoms with Gasteiger partial charge in [0.15, 0.2) is 0 Å². The summed E-state index contributed by atoms with van der Waals surface area (Å²) in [5.41, 5.74) is 0. The summed E-state index contributed by atoms with van der Waals surface area (Å²) in [5, 5.41) is 0. The lowest BCUT2D eigenvalue weighted by Gasteiger charge is -2.15. The van der Waals surface area contributed by atoms with Crippen molar-refractivity contribution in [3.05, 3.63) is 0 Å². The second-order valence-corrected chi connectivity index (χ2v) is 11.4. The van der Waals surface area contributed by atoms with Gasteiger partial charge in [0.25, 0.3) is 0 Å². The molecule has 202 valence electrons. The molecule has 0 radical (unpaired) electrons. The van der Waals surface area contributed by atoms with Crippen molar-refractivity contribution in [2.24, 2.45) is 11.8 Å². The predicted octanol–water partition coefficient (Wildman–Crippen LogP) is 9.33. The van der Waals surface area contributed by atoms with Crippen molar-refractivity contribution in [2.75, 3.05) is 27.2 Å². The van der Waals surface area contributed by atoms with Crippen molar-refractivity contribution in [1.29, 1.82) is 0 Å². The maximum Gasteiger partial charge on any atom is 0.309 e. The molecule has 1 saturated carbocycles. The van der Waals surface area contributed by atoms with Gasteiger partial charge in [0.1, 0.15) is 0 Å². The van der Waals surface area contributed by atoms with Crippen LogP contribution in [0.15, 0.2) is 0 Å². The molecule has 34 heavy (non-hydrogen) atoms. The smallest absolute Gasteiger partial charge is 0.309 e. The summed E-state index contributed by atoms with van der Waals surface area (Å²) in [5.74, 6) is 0.950. The Balaban J connectivity index is 1.78. The van der Waals surface area contributed by atoms with E-state index < -0.39 is 0 Å². The largest absolute Gasteiger partial charge is 0.465 e. The molecule has 0 heterocycles. The van der Waals surface area contributed by atoms with Crippen LogP contribution in [-0.2, 0) is 9.53 Å². The lowest BCUT2D eigenvalue weighted by Crippen LogP contribution is -2.20. The molecule has 0 amide bonds. The SMILES string of the molecule is CCCCCCC(C(=O)OCCCCCCCCCCCCCCCCCCN(C)C)C1CC1. The first-order valence-electron chi connectivity index (χ1n) is 15.5. The topological polar surface area (TPSA) is 29.5 Å². The normalized spacial score (nSPS) is 14.6. The highest BCUT2D eigenvalue weighted by Gasteiger charge is 2.36. The number of carbonyl (C=O) groups is 1. The number of ether oxygens (including phenoxy) is 1. The summed E-state index contributed by atoms with van der Waals surface area (Å²) < 4.78 is 5.65. The Morgan fingerprint density at radius 2 is 1.12 bits per heavy atom. The fraction of sp³-hybridized carbons (Fsp3) is 0.968. The van der Waals surface area contributed by atoms with Crippen molar-refractivity contribution in [3.8, 4) is 0 Å². The van der Waals surface area contributed by atoms with Crippen molar-refractivity contribution < 1.29 is 9.53 Å². The second kappa shape index (κ2) is 22.9. The maximum absolute atomic E-state index is 12.5. The Hall–Kier alpha value is -0.570. The first kappa shape index (κ1) is 31.5. The minimum atomic E-state index is 0.110. The monoisotopic (exact) mass is 479 g/mol. The molecule has 0 bridgehead atoms. The standard InChI is InChI=1S/C31H61NO2/c1-4-5-6-21-24-30(29-25-26-29)31(33)34-28-23-20-18-16-14-12-10-8-7-9-11-13-15-17-19-22-27-32(2)3/h29-30H,4-28H2,1-3H3. The van der Waals surface area contributed by atoms with E-state index in [-0.39, 0.29) is 11.9 Å². The lowest BCUT2D eigenvalue weighted by molar-refractivity contribution is -0.149. The molecule has 1 fully saturated rings.